The van der Waals surface area contributed by atoms with Crippen LogP contribution in [0, 0.1) is 18.3 Å². The van der Waals surface area contributed by atoms with Crippen LogP contribution < -0.4 is 0 Å². The van der Waals surface area contributed by atoms with Gasteiger partial charge >= 0.3 is 0 Å². The third kappa shape index (κ3) is 3.78. The summed E-state index contributed by atoms with van der Waals surface area (Å²) in [5, 5.41) is 10.6. The van der Waals surface area contributed by atoms with Gasteiger partial charge in [-0.3, -0.25) is 0 Å². The number of hydrogen-bond donors (Lipinski definition) is 0. The summed E-state index contributed by atoms with van der Waals surface area (Å²) >= 11 is 0. The molecule has 0 saturated carbocycles. The predicted molar refractivity (Wildman–Crippen MR) is 122 cm³/mol. The molecule has 5 heteroatoms. The summed E-state index contributed by atoms with van der Waals surface area (Å²) in [4.78, 5) is 0.251. The van der Waals surface area contributed by atoms with Gasteiger partial charge in [0.2, 0.25) is 10.0 Å². The van der Waals surface area contributed by atoms with E-state index in [-0.39, 0.29) is 4.90 Å². The highest BCUT2D eigenvalue weighted by Crippen LogP contribution is 2.41. The van der Waals surface area contributed by atoms with Gasteiger partial charge in [0.05, 0.1) is 11.0 Å². The zero-order valence-electron chi connectivity index (χ0n) is 17.7. The fourth-order valence-corrected chi connectivity index (χ4v) is 6.01. The van der Waals surface area contributed by atoms with Crippen LogP contribution in [0.2, 0.25) is 0 Å². The highest BCUT2D eigenvalue weighted by atomic mass is 32.2. The van der Waals surface area contributed by atoms with Gasteiger partial charge < -0.3 is 0 Å². The van der Waals surface area contributed by atoms with Crippen LogP contribution in [-0.4, -0.2) is 25.8 Å². The van der Waals surface area contributed by atoms with Crippen LogP contribution in [0.3, 0.4) is 0 Å². The van der Waals surface area contributed by atoms with Gasteiger partial charge in [0, 0.05) is 13.1 Å². The van der Waals surface area contributed by atoms with Gasteiger partial charge in [0.15, 0.2) is 0 Å². The van der Waals surface area contributed by atoms with E-state index in [4.69, 9.17) is 0 Å². The Morgan fingerprint density at radius 3 is 1.90 bits per heavy atom. The molecule has 0 aromatic heterocycles. The van der Waals surface area contributed by atoms with Gasteiger partial charge in [0.1, 0.15) is 5.41 Å². The molecule has 0 radical (unpaired) electrons. The van der Waals surface area contributed by atoms with Crippen molar-refractivity contribution in [3.63, 3.8) is 0 Å². The molecule has 0 bridgehead atoms. The summed E-state index contributed by atoms with van der Waals surface area (Å²) in [6, 6.07) is 27.0. The highest BCUT2D eigenvalue weighted by molar-refractivity contribution is 7.89. The SMILES string of the molecule is Cc1ccc(S(=O)(=O)N2CCCCC2)cc1C(C#N)(c1ccccc1)c1ccccc1. The van der Waals surface area contributed by atoms with Crippen molar-refractivity contribution in [3.8, 4) is 6.07 Å². The first kappa shape index (κ1) is 21.3. The Morgan fingerprint density at radius 1 is 0.839 bits per heavy atom. The van der Waals surface area contributed by atoms with E-state index < -0.39 is 15.4 Å². The minimum absolute atomic E-state index is 0.251. The van der Waals surface area contributed by atoms with Crippen LogP contribution >= 0.6 is 0 Å². The van der Waals surface area contributed by atoms with E-state index in [2.05, 4.69) is 6.07 Å². The lowest BCUT2D eigenvalue weighted by Gasteiger charge is -2.31. The number of nitriles is 1. The molecule has 4 nitrogen and oxygen atoms in total. The number of hydrogen-bond acceptors (Lipinski definition) is 3. The molecule has 31 heavy (non-hydrogen) atoms. The molecule has 1 saturated heterocycles. The van der Waals surface area contributed by atoms with E-state index in [1.54, 1.807) is 16.4 Å². The lowest BCUT2D eigenvalue weighted by molar-refractivity contribution is 0.346. The maximum Gasteiger partial charge on any atom is 0.243 e. The molecule has 4 rings (SSSR count). The van der Waals surface area contributed by atoms with Crippen LogP contribution in [0.15, 0.2) is 83.8 Å². The Labute approximate surface area is 184 Å². The predicted octanol–water partition coefficient (Wildman–Crippen LogP) is 5.03. The van der Waals surface area contributed by atoms with Crippen molar-refractivity contribution in [2.75, 3.05) is 13.1 Å². The van der Waals surface area contributed by atoms with Crippen molar-refractivity contribution in [2.24, 2.45) is 0 Å². The number of aryl methyl sites for hydroxylation is 1. The van der Waals surface area contributed by atoms with Crippen LogP contribution in [0.1, 0.15) is 41.5 Å². The smallest absolute Gasteiger partial charge is 0.207 e. The van der Waals surface area contributed by atoms with Crippen LogP contribution in [0.5, 0.6) is 0 Å². The molecule has 0 amide bonds. The monoisotopic (exact) mass is 430 g/mol. The number of piperidine rings is 1. The summed E-state index contributed by atoms with van der Waals surface area (Å²) in [5.41, 5.74) is 2.11. The fraction of sp³-hybridized carbons (Fsp3) is 0.269. The Bertz CT molecular complexity index is 1150. The van der Waals surface area contributed by atoms with Gasteiger partial charge in [-0.15, -0.1) is 0 Å². The molecule has 0 spiro atoms. The van der Waals surface area contributed by atoms with E-state index in [0.29, 0.717) is 18.7 Å². The zero-order chi connectivity index (χ0) is 21.9. The van der Waals surface area contributed by atoms with Gasteiger partial charge in [-0.2, -0.15) is 9.57 Å². The first-order valence-electron chi connectivity index (χ1n) is 10.6. The average Bonchev–Trinajstić information content (AvgIpc) is 2.83. The van der Waals surface area contributed by atoms with Gasteiger partial charge in [-0.1, -0.05) is 73.2 Å². The second-order valence-corrected chi connectivity index (χ2v) is 9.97. The van der Waals surface area contributed by atoms with Crippen molar-refractivity contribution in [1.82, 2.24) is 4.31 Å². The van der Waals surface area contributed by atoms with Gasteiger partial charge in [-0.25, -0.2) is 8.42 Å². The third-order valence-electron chi connectivity index (χ3n) is 6.15. The van der Waals surface area contributed by atoms with Crippen molar-refractivity contribution in [3.05, 3.63) is 101 Å². The number of rotatable bonds is 5. The molecule has 1 fully saturated rings. The number of nitrogens with zero attached hydrogens (tertiary/aromatic N) is 2. The Morgan fingerprint density at radius 2 is 1.39 bits per heavy atom. The largest absolute Gasteiger partial charge is 0.243 e. The zero-order valence-corrected chi connectivity index (χ0v) is 18.5. The van der Waals surface area contributed by atoms with E-state index in [1.807, 2.05) is 73.7 Å². The molecule has 0 unspecified atom stereocenters. The molecule has 3 aromatic carbocycles. The molecule has 1 aliphatic heterocycles. The maximum atomic E-state index is 13.4. The summed E-state index contributed by atoms with van der Waals surface area (Å²) in [5.74, 6) is 0. The molecule has 0 N–H and O–H groups in total. The van der Waals surface area contributed by atoms with Crippen molar-refractivity contribution < 1.29 is 8.42 Å². The van der Waals surface area contributed by atoms with E-state index in [1.165, 1.54) is 0 Å². The maximum absolute atomic E-state index is 13.4. The summed E-state index contributed by atoms with van der Waals surface area (Å²) in [7, 11) is -3.61. The third-order valence-corrected chi connectivity index (χ3v) is 8.04. The molecule has 158 valence electrons. The summed E-state index contributed by atoms with van der Waals surface area (Å²) in [6.07, 6.45) is 2.83. The number of benzene rings is 3. The van der Waals surface area contributed by atoms with Crippen molar-refractivity contribution in [1.29, 1.82) is 5.26 Å². The Hall–Kier alpha value is -2.94. The van der Waals surface area contributed by atoms with Crippen molar-refractivity contribution in [2.45, 2.75) is 36.5 Å². The topological polar surface area (TPSA) is 61.2 Å². The molecule has 1 heterocycles. The lowest BCUT2D eigenvalue weighted by atomic mass is 9.69. The summed E-state index contributed by atoms with van der Waals surface area (Å²) in [6.45, 7) is 3.03. The van der Waals surface area contributed by atoms with Gasteiger partial charge in [0.25, 0.3) is 0 Å². The molecular weight excluding hydrogens is 404 g/mol. The van der Waals surface area contributed by atoms with E-state index in [9.17, 15) is 13.7 Å². The summed E-state index contributed by atoms with van der Waals surface area (Å²) < 4.78 is 28.3. The molecule has 3 aromatic rings. The highest BCUT2D eigenvalue weighted by Gasteiger charge is 2.39. The van der Waals surface area contributed by atoms with Gasteiger partial charge in [-0.05, 0) is 54.2 Å². The van der Waals surface area contributed by atoms with Crippen LogP contribution in [0.4, 0.5) is 0 Å². The van der Waals surface area contributed by atoms with E-state index in [0.717, 1.165) is 36.0 Å². The standard InChI is InChI=1S/C26H26N2O2S/c1-21-15-16-24(31(29,30)28-17-9-4-10-18-28)19-25(21)26(20-27,22-11-5-2-6-12-22)23-13-7-3-8-14-23/h2-3,5-8,11-16,19H,4,9-10,17-18H2,1H3. The molecular formula is C26H26N2O2S. The quantitative estimate of drug-likeness (QED) is 0.534. The normalized spacial score (nSPS) is 15.4. The Balaban J connectivity index is 1.95. The number of sulfonamides is 1. The van der Waals surface area contributed by atoms with Crippen LogP contribution in [-0.2, 0) is 15.4 Å². The average molecular weight is 431 g/mol. The first-order chi connectivity index (χ1) is 15.0. The molecule has 1 aliphatic rings. The van der Waals surface area contributed by atoms with Crippen molar-refractivity contribution >= 4 is 10.0 Å². The van der Waals surface area contributed by atoms with E-state index >= 15 is 0 Å². The minimum atomic E-state index is -3.61. The van der Waals surface area contributed by atoms with Crippen LogP contribution in [0.25, 0.3) is 0 Å². The lowest BCUT2D eigenvalue weighted by Crippen LogP contribution is -2.36. The Kier molecular flexibility index (Phi) is 5.95. The first-order valence-corrected chi connectivity index (χ1v) is 12.1. The molecule has 0 aliphatic carbocycles. The minimum Gasteiger partial charge on any atom is -0.207 e. The second kappa shape index (κ2) is 8.66. The second-order valence-electron chi connectivity index (χ2n) is 8.04. The fourth-order valence-electron chi connectivity index (χ4n) is 4.46. The molecule has 0 atom stereocenters.